The summed E-state index contributed by atoms with van der Waals surface area (Å²) in [5.74, 6) is 2.79. The van der Waals surface area contributed by atoms with Gasteiger partial charge in [0.05, 0.1) is 7.11 Å². The number of hydrogen-bond acceptors (Lipinski definition) is 2. The van der Waals surface area contributed by atoms with Gasteiger partial charge in [0.15, 0.2) is 0 Å². The predicted molar refractivity (Wildman–Crippen MR) is 85.3 cm³/mol. The molecule has 3 unspecified atom stereocenters. The minimum absolute atomic E-state index is 0.675. The first-order valence-corrected chi connectivity index (χ1v) is 8.07. The Hall–Kier alpha value is -1.02. The number of hydrogen-bond donors (Lipinski definition) is 1. The van der Waals surface area contributed by atoms with E-state index >= 15 is 0 Å². The normalized spacial score (nSPS) is 23.8. The third-order valence-corrected chi connectivity index (χ3v) is 5.00. The zero-order valence-corrected chi connectivity index (χ0v) is 13.2. The first-order valence-electron chi connectivity index (χ1n) is 8.07. The van der Waals surface area contributed by atoms with Crippen molar-refractivity contribution in [1.82, 2.24) is 5.32 Å². The molecule has 1 saturated carbocycles. The molecule has 0 aliphatic heterocycles. The van der Waals surface area contributed by atoms with E-state index in [9.17, 15) is 0 Å². The van der Waals surface area contributed by atoms with Crippen molar-refractivity contribution >= 4 is 0 Å². The fraction of sp³-hybridized carbons (Fsp3) is 0.667. The van der Waals surface area contributed by atoms with Gasteiger partial charge in [0.2, 0.25) is 0 Å². The average molecular weight is 275 g/mol. The zero-order valence-electron chi connectivity index (χ0n) is 13.2. The molecular formula is C18H29NO. The molecule has 3 atom stereocenters. The van der Waals surface area contributed by atoms with Gasteiger partial charge >= 0.3 is 0 Å². The smallest absolute Gasteiger partial charge is 0.118 e. The highest BCUT2D eigenvalue weighted by Crippen LogP contribution is 2.35. The van der Waals surface area contributed by atoms with Gasteiger partial charge in [-0.05, 0) is 62.3 Å². The summed E-state index contributed by atoms with van der Waals surface area (Å²) >= 11 is 0. The highest BCUT2D eigenvalue weighted by molar-refractivity contribution is 5.27. The molecule has 0 bridgehead atoms. The van der Waals surface area contributed by atoms with E-state index in [1.807, 2.05) is 0 Å². The van der Waals surface area contributed by atoms with Crippen LogP contribution >= 0.6 is 0 Å². The van der Waals surface area contributed by atoms with Gasteiger partial charge in [0.25, 0.3) is 0 Å². The molecule has 0 amide bonds. The van der Waals surface area contributed by atoms with E-state index in [0.717, 1.165) is 24.0 Å². The van der Waals surface area contributed by atoms with Crippen molar-refractivity contribution in [2.45, 2.75) is 51.5 Å². The van der Waals surface area contributed by atoms with Crippen LogP contribution in [0.5, 0.6) is 5.75 Å². The molecule has 1 aliphatic rings. The Balaban J connectivity index is 1.84. The van der Waals surface area contributed by atoms with Gasteiger partial charge in [-0.25, -0.2) is 0 Å². The molecular weight excluding hydrogens is 246 g/mol. The van der Waals surface area contributed by atoms with E-state index in [0.29, 0.717) is 6.04 Å². The van der Waals surface area contributed by atoms with Crippen LogP contribution in [-0.2, 0) is 6.42 Å². The van der Waals surface area contributed by atoms with E-state index in [1.54, 1.807) is 7.11 Å². The van der Waals surface area contributed by atoms with Crippen molar-refractivity contribution in [2.24, 2.45) is 11.8 Å². The summed E-state index contributed by atoms with van der Waals surface area (Å²) in [6, 6.07) is 9.18. The van der Waals surface area contributed by atoms with Gasteiger partial charge in [0, 0.05) is 6.04 Å². The largest absolute Gasteiger partial charge is 0.497 e. The number of ether oxygens (including phenoxy) is 1. The summed E-state index contributed by atoms with van der Waals surface area (Å²) in [7, 11) is 3.84. The Bertz CT molecular complexity index is 387. The highest BCUT2D eigenvalue weighted by atomic mass is 16.5. The van der Waals surface area contributed by atoms with Crippen LogP contribution in [0.2, 0.25) is 0 Å². The van der Waals surface area contributed by atoms with Crippen LogP contribution in [-0.4, -0.2) is 20.2 Å². The Kier molecular flexibility index (Phi) is 5.90. The summed E-state index contributed by atoms with van der Waals surface area (Å²) in [5, 5.41) is 3.56. The lowest BCUT2D eigenvalue weighted by molar-refractivity contribution is 0.346. The van der Waals surface area contributed by atoms with Gasteiger partial charge in [-0.3, -0.25) is 0 Å². The summed E-state index contributed by atoms with van der Waals surface area (Å²) < 4.78 is 5.21. The minimum Gasteiger partial charge on any atom is -0.497 e. The number of benzene rings is 1. The summed E-state index contributed by atoms with van der Waals surface area (Å²) in [5.41, 5.74) is 1.41. The van der Waals surface area contributed by atoms with Gasteiger partial charge in [-0.15, -0.1) is 0 Å². The van der Waals surface area contributed by atoms with Gasteiger partial charge in [-0.2, -0.15) is 0 Å². The summed E-state index contributed by atoms with van der Waals surface area (Å²) in [6.07, 6.45) is 8.01. The van der Waals surface area contributed by atoms with E-state index in [1.165, 1.54) is 37.7 Å². The Morgan fingerprint density at radius 3 is 2.55 bits per heavy atom. The van der Waals surface area contributed by atoms with Crippen LogP contribution in [0.4, 0.5) is 0 Å². The molecule has 2 heteroatoms. The van der Waals surface area contributed by atoms with Gasteiger partial charge in [-0.1, -0.05) is 31.9 Å². The second-order valence-corrected chi connectivity index (χ2v) is 6.13. The maximum Gasteiger partial charge on any atom is 0.118 e. The molecule has 0 saturated heterocycles. The molecule has 1 fully saturated rings. The van der Waals surface area contributed by atoms with Crippen molar-refractivity contribution in [3.8, 4) is 5.75 Å². The monoisotopic (exact) mass is 275 g/mol. The molecule has 1 aromatic rings. The number of nitrogens with one attached hydrogen (secondary N) is 1. The molecule has 0 radical (unpaired) electrons. The maximum atomic E-state index is 5.21. The van der Waals surface area contributed by atoms with Crippen LogP contribution in [0.25, 0.3) is 0 Å². The molecule has 2 nitrogen and oxygen atoms in total. The number of methoxy groups -OCH3 is 1. The first kappa shape index (κ1) is 15.4. The first-order chi connectivity index (χ1) is 9.76. The number of rotatable bonds is 7. The molecule has 2 rings (SSSR count). The molecule has 0 heterocycles. The molecule has 0 aromatic heterocycles. The van der Waals surface area contributed by atoms with Crippen molar-refractivity contribution in [3.63, 3.8) is 0 Å². The lowest BCUT2D eigenvalue weighted by Crippen LogP contribution is -2.32. The minimum atomic E-state index is 0.675. The SMILES string of the molecule is CCC1CCC(C(CCc2ccc(OC)cc2)NC)C1. The molecule has 112 valence electrons. The van der Waals surface area contributed by atoms with Crippen molar-refractivity contribution < 1.29 is 4.74 Å². The van der Waals surface area contributed by atoms with E-state index < -0.39 is 0 Å². The van der Waals surface area contributed by atoms with Crippen molar-refractivity contribution in [1.29, 1.82) is 0 Å². The molecule has 0 spiro atoms. The standard InChI is InChI=1S/C18H29NO/c1-4-14-5-9-16(13-14)18(19-2)12-8-15-6-10-17(20-3)11-7-15/h6-7,10-11,14,16,18-19H,4-5,8-9,12-13H2,1-3H3. The highest BCUT2D eigenvalue weighted by Gasteiger charge is 2.28. The number of aryl methyl sites for hydroxylation is 1. The van der Waals surface area contributed by atoms with E-state index in [2.05, 4.69) is 43.6 Å². The Morgan fingerprint density at radius 1 is 1.25 bits per heavy atom. The van der Waals surface area contributed by atoms with Crippen LogP contribution in [0, 0.1) is 11.8 Å². The third-order valence-electron chi connectivity index (χ3n) is 5.00. The Morgan fingerprint density at radius 2 is 2.00 bits per heavy atom. The second kappa shape index (κ2) is 7.68. The summed E-state index contributed by atoms with van der Waals surface area (Å²) in [4.78, 5) is 0. The Labute approximate surface area is 123 Å². The van der Waals surface area contributed by atoms with Gasteiger partial charge < -0.3 is 10.1 Å². The molecule has 1 N–H and O–H groups in total. The predicted octanol–water partition coefficient (Wildman–Crippen LogP) is 4.04. The second-order valence-electron chi connectivity index (χ2n) is 6.13. The molecule has 1 aliphatic carbocycles. The van der Waals surface area contributed by atoms with E-state index in [-0.39, 0.29) is 0 Å². The average Bonchev–Trinajstić information content (AvgIpc) is 2.97. The maximum absolute atomic E-state index is 5.21. The fourth-order valence-electron chi connectivity index (χ4n) is 3.58. The lowest BCUT2D eigenvalue weighted by atomic mass is 9.91. The van der Waals surface area contributed by atoms with Crippen LogP contribution < -0.4 is 10.1 Å². The molecule has 20 heavy (non-hydrogen) atoms. The summed E-state index contributed by atoms with van der Waals surface area (Å²) in [6.45, 7) is 2.33. The van der Waals surface area contributed by atoms with Crippen molar-refractivity contribution in [3.05, 3.63) is 29.8 Å². The zero-order chi connectivity index (χ0) is 14.4. The fourth-order valence-corrected chi connectivity index (χ4v) is 3.58. The topological polar surface area (TPSA) is 21.3 Å². The van der Waals surface area contributed by atoms with Crippen molar-refractivity contribution in [2.75, 3.05) is 14.2 Å². The quantitative estimate of drug-likeness (QED) is 0.811. The van der Waals surface area contributed by atoms with Crippen LogP contribution in [0.15, 0.2) is 24.3 Å². The third kappa shape index (κ3) is 3.99. The van der Waals surface area contributed by atoms with Gasteiger partial charge in [0.1, 0.15) is 5.75 Å². The van der Waals surface area contributed by atoms with Crippen LogP contribution in [0.3, 0.4) is 0 Å². The van der Waals surface area contributed by atoms with E-state index in [4.69, 9.17) is 4.74 Å². The lowest BCUT2D eigenvalue weighted by Gasteiger charge is -2.23. The molecule has 1 aromatic carbocycles. The van der Waals surface area contributed by atoms with Crippen LogP contribution in [0.1, 0.15) is 44.6 Å².